The van der Waals surface area contributed by atoms with Crippen LogP contribution in [0.3, 0.4) is 0 Å². The molecule has 7 nitrogen and oxygen atoms in total. The van der Waals surface area contributed by atoms with Crippen LogP contribution in [0.5, 0.6) is 0 Å². The van der Waals surface area contributed by atoms with E-state index >= 15 is 0 Å². The number of hydrogen-bond acceptors (Lipinski definition) is 4. The molecule has 2 rings (SSSR count). The van der Waals surface area contributed by atoms with Crippen LogP contribution in [0, 0.1) is 5.82 Å². The zero-order chi connectivity index (χ0) is 25.3. The Labute approximate surface area is 209 Å². The number of halogens is 2. The molecule has 186 valence electrons. The molecule has 0 heterocycles. The van der Waals surface area contributed by atoms with Crippen molar-refractivity contribution in [3.63, 3.8) is 0 Å². The monoisotopic (exact) mass is 555 g/mol. The molecule has 0 saturated carbocycles. The van der Waals surface area contributed by atoms with Crippen LogP contribution in [-0.2, 0) is 26.2 Å². The Hall–Kier alpha value is -2.46. The van der Waals surface area contributed by atoms with Crippen molar-refractivity contribution in [1.29, 1.82) is 0 Å². The summed E-state index contributed by atoms with van der Waals surface area (Å²) < 4.78 is 40.2. The molecule has 0 aliphatic heterocycles. The van der Waals surface area contributed by atoms with Crippen LogP contribution >= 0.6 is 15.9 Å². The third-order valence-electron chi connectivity index (χ3n) is 5.26. The van der Waals surface area contributed by atoms with E-state index in [2.05, 4.69) is 21.2 Å². The largest absolute Gasteiger partial charge is 0.354 e. The number of sulfonamides is 1. The van der Waals surface area contributed by atoms with Gasteiger partial charge in [-0.3, -0.25) is 13.9 Å². The minimum absolute atomic E-state index is 0.0366. The molecule has 0 unspecified atom stereocenters. The third-order valence-corrected chi connectivity index (χ3v) is 6.89. The second-order valence-electron chi connectivity index (χ2n) is 7.97. The van der Waals surface area contributed by atoms with Gasteiger partial charge in [-0.15, -0.1) is 0 Å². The average Bonchev–Trinajstić information content (AvgIpc) is 2.78. The molecule has 0 bridgehead atoms. The summed E-state index contributed by atoms with van der Waals surface area (Å²) in [6.07, 6.45) is 3.07. The Morgan fingerprint density at radius 1 is 1.12 bits per heavy atom. The summed E-state index contributed by atoms with van der Waals surface area (Å²) >= 11 is 3.33. The zero-order valence-electron chi connectivity index (χ0n) is 19.6. The number of benzene rings is 2. The fourth-order valence-electron chi connectivity index (χ4n) is 3.46. The Morgan fingerprint density at radius 2 is 1.79 bits per heavy atom. The lowest BCUT2D eigenvalue weighted by Crippen LogP contribution is -2.52. The fraction of sp³-hybridized carbons (Fsp3) is 0.417. The third kappa shape index (κ3) is 8.09. The summed E-state index contributed by atoms with van der Waals surface area (Å²) in [6, 6.07) is 11.5. The molecule has 10 heteroatoms. The highest BCUT2D eigenvalue weighted by atomic mass is 79.9. The van der Waals surface area contributed by atoms with Crippen molar-refractivity contribution in [2.24, 2.45) is 0 Å². The summed E-state index contributed by atoms with van der Waals surface area (Å²) in [4.78, 5) is 27.8. The van der Waals surface area contributed by atoms with Gasteiger partial charge >= 0.3 is 0 Å². The van der Waals surface area contributed by atoms with Crippen LogP contribution in [-0.4, -0.2) is 50.5 Å². The Balaban J connectivity index is 2.39. The van der Waals surface area contributed by atoms with E-state index in [1.165, 1.54) is 17.0 Å². The van der Waals surface area contributed by atoms with Gasteiger partial charge in [-0.1, -0.05) is 54.4 Å². The van der Waals surface area contributed by atoms with E-state index in [0.717, 1.165) is 23.4 Å². The Kier molecular flexibility index (Phi) is 10.5. The molecular formula is C24H31BrFN3O4S. The second-order valence-corrected chi connectivity index (χ2v) is 10.8. The van der Waals surface area contributed by atoms with E-state index in [0.29, 0.717) is 28.7 Å². The lowest BCUT2D eigenvalue weighted by molar-refractivity contribution is -0.140. The smallest absolute Gasteiger partial charge is 0.244 e. The van der Waals surface area contributed by atoms with E-state index in [1.807, 2.05) is 6.92 Å². The molecule has 34 heavy (non-hydrogen) atoms. The van der Waals surface area contributed by atoms with Gasteiger partial charge in [0.2, 0.25) is 21.8 Å². The summed E-state index contributed by atoms with van der Waals surface area (Å²) in [7, 11) is -3.80. The van der Waals surface area contributed by atoms with Gasteiger partial charge < -0.3 is 10.2 Å². The molecule has 0 aromatic heterocycles. The van der Waals surface area contributed by atoms with Gasteiger partial charge in [-0.05, 0) is 48.7 Å². The number of anilines is 1. The Morgan fingerprint density at radius 3 is 2.35 bits per heavy atom. The number of amides is 2. The predicted octanol–water partition coefficient (Wildman–Crippen LogP) is 4.08. The van der Waals surface area contributed by atoms with E-state index in [-0.39, 0.29) is 12.5 Å². The van der Waals surface area contributed by atoms with Gasteiger partial charge in [-0.2, -0.15) is 0 Å². The number of unbranched alkanes of at least 4 members (excludes halogenated alkanes) is 1. The van der Waals surface area contributed by atoms with E-state index in [1.54, 1.807) is 43.3 Å². The van der Waals surface area contributed by atoms with Crippen molar-refractivity contribution >= 4 is 43.5 Å². The molecule has 0 aliphatic carbocycles. The van der Waals surface area contributed by atoms with Crippen molar-refractivity contribution < 1.29 is 22.4 Å². The minimum Gasteiger partial charge on any atom is -0.354 e. The first-order chi connectivity index (χ1) is 16.1. The summed E-state index contributed by atoms with van der Waals surface area (Å²) in [5.74, 6) is -1.25. The lowest BCUT2D eigenvalue weighted by atomic mass is 10.1. The molecule has 0 fully saturated rings. The molecular weight excluding hydrogens is 525 g/mol. The highest BCUT2D eigenvalue weighted by molar-refractivity contribution is 9.10. The van der Waals surface area contributed by atoms with Crippen molar-refractivity contribution in [3.8, 4) is 0 Å². The Bertz CT molecular complexity index is 1080. The van der Waals surface area contributed by atoms with Gasteiger partial charge in [0, 0.05) is 17.6 Å². The van der Waals surface area contributed by atoms with Gasteiger partial charge in [0.15, 0.2) is 0 Å². The van der Waals surface area contributed by atoms with Crippen LogP contribution < -0.4 is 9.62 Å². The zero-order valence-corrected chi connectivity index (χ0v) is 22.0. The molecule has 0 aliphatic rings. The number of hydrogen-bond donors (Lipinski definition) is 1. The minimum atomic E-state index is -3.80. The van der Waals surface area contributed by atoms with Crippen molar-refractivity contribution in [1.82, 2.24) is 10.2 Å². The first-order valence-electron chi connectivity index (χ1n) is 11.1. The first kappa shape index (κ1) is 27.8. The summed E-state index contributed by atoms with van der Waals surface area (Å²) in [5, 5.41) is 2.86. The SMILES string of the molecule is CCCCNC(=O)[C@H](CC)N(Cc1ccc(F)cc1)C(=O)CN(c1cccc(Br)c1)S(C)(=O)=O. The molecule has 1 atom stereocenters. The van der Waals surface area contributed by atoms with Crippen LogP contribution in [0.4, 0.5) is 10.1 Å². The van der Waals surface area contributed by atoms with Crippen molar-refractivity contribution in [3.05, 3.63) is 64.4 Å². The fourth-order valence-corrected chi connectivity index (χ4v) is 4.69. The first-order valence-corrected chi connectivity index (χ1v) is 13.8. The van der Waals surface area contributed by atoms with E-state index in [4.69, 9.17) is 0 Å². The van der Waals surface area contributed by atoms with Crippen LogP contribution in [0.15, 0.2) is 53.0 Å². The predicted molar refractivity (Wildman–Crippen MR) is 135 cm³/mol. The molecule has 0 saturated heterocycles. The van der Waals surface area contributed by atoms with Crippen LogP contribution in [0.2, 0.25) is 0 Å². The number of carbonyl (C=O) groups is 2. The van der Waals surface area contributed by atoms with Gasteiger partial charge in [-0.25, -0.2) is 12.8 Å². The van der Waals surface area contributed by atoms with Crippen molar-refractivity contribution in [2.45, 2.75) is 45.7 Å². The topological polar surface area (TPSA) is 86.8 Å². The molecule has 2 amide bonds. The maximum absolute atomic E-state index is 13.5. The molecule has 0 spiro atoms. The maximum Gasteiger partial charge on any atom is 0.244 e. The van der Waals surface area contributed by atoms with Gasteiger partial charge in [0.1, 0.15) is 18.4 Å². The molecule has 0 radical (unpaired) electrons. The van der Waals surface area contributed by atoms with Crippen LogP contribution in [0.25, 0.3) is 0 Å². The number of nitrogens with one attached hydrogen (secondary N) is 1. The standard InChI is InChI=1S/C24H31BrFN3O4S/c1-4-6-14-27-24(31)22(5-2)28(16-18-10-12-20(26)13-11-18)23(30)17-29(34(3,32)33)21-9-7-8-19(25)15-21/h7-13,15,22H,4-6,14,16-17H2,1-3H3,(H,27,31)/t22-/m0/s1. The molecule has 1 N–H and O–H groups in total. The summed E-state index contributed by atoms with van der Waals surface area (Å²) in [5.41, 5.74) is 0.954. The molecule has 2 aromatic carbocycles. The quantitative estimate of drug-likeness (QED) is 0.400. The summed E-state index contributed by atoms with van der Waals surface area (Å²) in [6.45, 7) is 3.84. The number of rotatable bonds is 12. The van der Waals surface area contributed by atoms with Crippen LogP contribution in [0.1, 0.15) is 38.7 Å². The van der Waals surface area contributed by atoms with Crippen molar-refractivity contribution in [2.75, 3.05) is 23.7 Å². The average molecular weight is 556 g/mol. The van der Waals surface area contributed by atoms with Gasteiger partial charge in [0.25, 0.3) is 0 Å². The van der Waals surface area contributed by atoms with E-state index < -0.39 is 34.3 Å². The van der Waals surface area contributed by atoms with Gasteiger partial charge in [0.05, 0.1) is 11.9 Å². The normalized spacial score (nSPS) is 12.1. The highest BCUT2D eigenvalue weighted by Gasteiger charge is 2.31. The highest BCUT2D eigenvalue weighted by Crippen LogP contribution is 2.23. The molecule has 2 aromatic rings. The second kappa shape index (κ2) is 12.9. The number of nitrogens with zero attached hydrogens (tertiary/aromatic N) is 2. The maximum atomic E-state index is 13.5. The number of carbonyl (C=O) groups excluding carboxylic acids is 2. The lowest BCUT2D eigenvalue weighted by Gasteiger charge is -2.33. The van der Waals surface area contributed by atoms with E-state index in [9.17, 15) is 22.4 Å².